The van der Waals surface area contributed by atoms with Gasteiger partial charge in [-0.25, -0.2) is 0 Å². The fraction of sp³-hybridized carbons (Fsp3) is 0.756. The van der Waals surface area contributed by atoms with Gasteiger partial charge in [0.25, 0.3) is 0 Å². The van der Waals surface area contributed by atoms with Crippen molar-refractivity contribution in [3.05, 3.63) is 47.1 Å². The van der Waals surface area contributed by atoms with Gasteiger partial charge in [-0.2, -0.15) is 0 Å². The molecule has 0 amide bonds. The first kappa shape index (κ1) is 44.1. The van der Waals surface area contributed by atoms with E-state index in [0.29, 0.717) is 38.5 Å². The van der Waals surface area contributed by atoms with Gasteiger partial charge in [0.1, 0.15) is 18.8 Å². The second-order valence-corrected chi connectivity index (χ2v) is 19.9. The summed E-state index contributed by atoms with van der Waals surface area (Å²) in [6.07, 6.45) is 10.7. The Hall–Kier alpha value is -2.02. The van der Waals surface area contributed by atoms with E-state index in [4.69, 9.17) is 14.2 Å². The third-order valence-corrected chi connectivity index (χ3v) is 16.4. The van der Waals surface area contributed by atoms with E-state index >= 15 is 0 Å². The third-order valence-electron chi connectivity index (χ3n) is 15.9. The Morgan fingerprint density at radius 2 is 1.44 bits per heavy atom. The van der Waals surface area contributed by atoms with Crippen LogP contribution in [0.4, 0.5) is 0 Å². The summed E-state index contributed by atoms with van der Waals surface area (Å²) < 4.78 is 19.8. The number of carbonyl (C=O) groups excluding carboxylic acids is 3. The van der Waals surface area contributed by atoms with Gasteiger partial charge in [0.05, 0.1) is 24.2 Å². The minimum atomic E-state index is -1.29. The van der Waals surface area contributed by atoms with Crippen molar-refractivity contribution >= 4 is 40.5 Å². The molecule has 4 saturated carbocycles. The number of carbonyl (C=O) groups is 3. The van der Waals surface area contributed by atoms with E-state index in [1.165, 1.54) is 5.57 Å². The van der Waals surface area contributed by atoms with E-state index < -0.39 is 58.0 Å². The highest BCUT2D eigenvalue weighted by atomic mass is 127. The molecule has 9 nitrogen and oxygen atoms in total. The largest absolute Gasteiger partial charge is 0.465 e. The Bertz CT molecular complexity index is 1540. The molecule has 0 spiro atoms. The predicted molar refractivity (Wildman–Crippen MR) is 221 cm³/mol. The van der Waals surface area contributed by atoms with Gasteiger partial charge in [-0.15, -0.1) is 13.2 Å². The molecule has 0 aromatic carbocycles. The summed E-state index contributed by atoms with van der Waals surface area (Å²) in [6.45, 7) is 20.6. The molecule has 5 rings (SSSR count). The van der Waals surface area contributed by atoms with Crippen LogP contribution in [0.25, 0.3) is 0 Å². The summed E-state index contributed by atoms with van der Waals surface area (Å²) in [6, 6.07) is 0. The average molecular weight is 879 g/mol. The molecule has 3 unspecified atom stereocenters. The lowest BCUT2D eigenvalue weighted by Crippen LogP contribution is -2.72. The third kappa shape index (κ3) is 7.57. The van der Waals surface area contributed by atoms with Gasteiger partial charge >= 0.3 is 17.9 Å². The molecule has 308 valence electrons. The summed E-state index contributed by atoms with van der Waals surface area (Å²) in [7, 11) is 0. The van der Waals surface area contributed by atoms with E-state index in [-0.39, 0.29) is 67.0 Å². The molecular weight excluding hydrogens is 811 g/mol. The molecule has 55 heavy (non-hydrogen) atoms. The van der Waals surface area contributed by atoms with E-state index in [1.54, 1.807) is 12.2 Å². The van der Waals surface area contributed by atoms with Crippen LogP contribution in [0.15, 0.2) is 47.1 Å². The van der Waals surface area contributed by atoms with Crippen LogP contribution in [-0.4, -0.2) is 70.9 Å². The highest BCUT2D eigenvalue weighted by molar-refractivity contribution is 14.1. The number of halogens is 1. The smallest absolute Gasteiger partial charge is 0.306 e. The van der Waals surface area contributed by atoms with Crippen molar-refractivity contribution in [3.8, 4) is 0 Å². The monoisotopic (exact) mass is 878 g/mol. The maximum absolute atomic E-state index is 13.1. The lowest BCUT2D eigenvalue weighted by atomic mass is 9.33. The summed E-state index contributed by atoms with van der Waals surface area (Å²) in [5.41, 5.74) is -2.22. The predicted octanol–water partition coefficient (Wildman–Crippen LogP) is 8.34. The fourth-order valence-electron chi connectivity index (χ4n) is 12.6. The van der Waals surface area contributed by atoms with Crippen molar-refractivity contribution in [2.24, 2.45) is 50.2 Å². The Morgan fingerprint density at radius 1 is 0.818 bits per heavy atom. The molecule has 12 atom stereocenters. The zero-order chi connectivity index (χ0) is 40.6. The average Bonchev–Trinajstić information content (AvgIpc) is 3.12. The molecule has 3 N–H and O–H groups in total. The highest BCUT2D eigenvalue weighted by Crippen LogP contribution is 2.76. The summed E-state index contributed by atoms with van der Waals surface area (Å²) in [5.74, 6) is -1.10. The van der Waals surface area contributed by atoms with Crippen LogP contribution in [0, 0.1) is 50.2 Å². The van der Waals surface area contributed by atoms with Gasteiger partial charge in [-0.05, 0) is 102 Å². The van der Waals surface area contributed by atoms with E-state index in [9.17, 15) is 29.7 Å². The molecule has 5 aliphatic rings. The van der Waals surface area contributed by atoms with Gasteiger partial charge in [0.15, 0.2) is 0 Å². The highest BCUT2D eigenvalue weighted by Gasteiger charge is 2.73. The fourth-order valence-corrected chi connectivity index (χ4v) is 12.9. The Labute approximate surface area is 342 Å². The van der Waals surface area contributed by atoms with Crippen molar-refractivity contribution in [3.63, 3.8) is 0 Å². The molecule has 0 aliphatic heterocycles. The number of fused-ring (bicyclic) bond motifs is 7. The van der Waals surface area contributed by atoms with E-state index in [2.05, 4.69) is 69.5 Å². The minimum Gasteiger partial charge on any atom is -0.465 e. The quantitative estimate of drug-likeness (QED) is 0.0681. The number of aliphatic hydroxyl groups is 3. The Kier molecular flexibility index (Phi) is 13.4. The second kappa shape index (κ2) is 16.7. The first-order valence-electron chi connectivity index (χ1n) is 20.5. The zero-order valence-corrected chi connectivity index (χ0v) is 36.3. The van der Waals surface area contributed by atoms with Crippen LogP contribution in [0.2, 0.25) is 0 Å². The van der Waals surface area contributed by atoms with Crippen LogP contribution >= 0.6 is 22.6 Å². The van der Waals surface area contributed by atoms with Gasteiger partial charge in [-0.3, -0.25) is 14.4 Å². The molecule has 0 aromatic heterocycles. The normalized spacial score (nSPS) is 41.7. The van der Waals surface area contributed by atoms with Gasteiger partial charge in [-0.1, -0.05) is 94.0 Å². The number of allylic oxidation sites excluding steroid dienone is 5. The summed E-state index contributed by atoms with van der Waals surface area (Å²) >= 11 is 2.11. The lowest BCUT2D eigenvalue weighted by molar-refractivity contribution is -0.265. The number of ether oxygens (including phenoxy) is 3. The maximum Gasteiger partial charge on any atom is 0.306 e. The number of esters is 3. The number of hydrogen-bond acceptors (Lipinski definition) is 9. The topological polar surface area (TPSA) is 140 Å². The molecule has 0 saturated heterocycles. The van der Waals surface area contributed by atoms with Crippen LogP contribution in [0.1, 0.15) is 125 Å². The Balaban J connectivity index is 1.53. The van der Waals surface area contributed by atoms with Crippen LogP contribution in [-0.2, 0) is 28.6 Å². The van der Waals surface area contributed by atoms with Gasteiger partial charge in [0, 0.05) is 30.1 Å². The molecular formula is C45H67IO9. The van der Waals surface area contributed by atoms with E-state index in [0.717, 1.165) is 25.7 Å². The minimum absolute atomic E-state index is 0.119. The van der Waals surface area contributed by atoms with Crippen molar-refractivity contribution < 1.29 is 43.9 Å². The number of rotatable bonds is 14. The molecule has 0 aromatic rings. The zero-order valence-electron chi connectivity index (χ0n) is 34.1. The van der Waals surface area contributed by atoms with Crippen molar-refractivity contribution in [2.45, 2.75) is 149 Å². The maximum atomic E-state index is 13.1. The molecule has 0 heterocycles. The van der Waals surface area contributed by atoms with Crippen LogP contribution in [0.5, 0.6) is 0 Å². The molecule has 0 bridgehead atoms. The summed E-state index contributed by atoms with van der Waals surface area (Å²) in [5, 5.41) is 36.8. The first-order chi connectivity index (χ1) is 25.8. The van der Waals surface area contributed by atoms with Crippen molar-refractivity contribution in [1.29, 1.82) is 0 Å². The SMILES string of the molecule is C=CCCC(=O)OC[C@]1(C)C2CC[C@]3(C)C(CC=C4C5CC(C)(C)[C@@H](OC(=O)CCC=C)[C@H](O)[C@]5(COC(=O)CC/C=C/I)[C@H](O)C[C@]43C)[C@@]2(C)CC[C@@H]1O. The van der Waals surface area contributed by atoms with Crippen molar-refractivity contribution in [2.75, 3.05) is 13.2 Å². The van der Waals surface area contributed by atoms with Crippen molar-refractivity contribution in [1.82, 2.24) is 0 Å². The van der Waals surface area contributed by atoms with E-state index in [1.807, 2.05) is 24.0 Å². The molecule has 10 heteroatoms. The number of hydrogen-bond donors (Lipinski definition) is 3. The molecule has 0 radical (unpaired) electrons. The molecule has 5 aliphatic carbocycles. The van der Waals surface area contributed by atoms with Crippen LogP contribution in [0.3, 0.4) is 0 Å². The van der Waals surface area contributed by atoms with Gasteiger partial charge < -0.3 is 29.5 Å². The molecule has 4 fully saturated rings. The van der Waals surface area contributed by atoms with Crippen LogP contribution < -0.4 is 0 Å². The second-order valence-electron chi connectivity index (χ2n) is 19.2. The number of aliphatic hydroxyl groups excluding tert-OH is 3. The Morgan fingerprint density at radius 3 is 2.07 bits per heavy atom. The summed E-state index contributed by atoms with van der Waals surface area (Å²) in [4.78, 5) is 38.9. The standard InChI is InChI=1S/C45H67IO9/c1-9-11-15-35(49)53-27-42(6)31-20-23-43(7)32(41(31,5)22-21-33(42)47)19-18-29-30-25-40(3,4)39(55-37(51)16-12-10-2)38(52)45(30,34(48)26-44(29,43)8)28-54-36(50)17-13-14-24-46/h9-10,14,18,24,30-34,38-39,47-48,52H,1-2,11-13,15-17,19-23,25-28H2,3-8H3/b24-14+/t30?,31?,32?,33-,34+,38-,39-,41-,42+,43+,44+,45-/m0/s1. The first-order valence-corrected chi connectivity index (χ1v) is 21.8. The van der Waals surface area contributed by atoms with Gasteiger partial charge in [0.2, 0.25) is 0 Å². The lowest BCUT2D eigenvalue weighted by Gasteiger charge is -2.72.